The molecule has 1 aliphatic heterocycles. The number of hydrogen-bond donors (Lipinski definition) is 1. The van der Waals surface area contributed by atoms with Crippen LogP contribution in [-0.2, 0) is 17.9 Å². The first-order valence-electron chi connectivity index (χ1n) is 7.82. The van der Waals surface area contributed by atoms with Crippen LogP contribution in [0.1, 0.15) is 35.6 Å². The first-order chi connectivity index (χ1) is 11.1. The molecule has 0 aromatic carbocycles. The number of pyridine rings is 1. The Morgan fingerprint density at radius 3 is 2.62 bits per heavy atom. The average molecular weight is 350 g/mol. The Labute approximate surface area is 145 Å². The maximum absolute atomic E-state index is 12.1. The number of nitrogens with two attached hydrogens (primary N) is 1. The summed E-state index contributed by atoms with van der Waals surface area (Å²) >= 11 is 0. The summed E-state index contributed by atoms with van der Waals surface area (Å²) in [4.78, 5) is 31.1. The van der Waals surface area contributed by atoms with E-state index in [0.717, 1.165) is 16.9 Å². The van der Waals surface area contributed by atoms with Crippen molar-refractivity contribution in [2.24, 2.45) is 5.73 Å². The summed E-state index contributed by atoms with van der Waals surface area (Å²) in [6.07, 6.45) is 6.44. The maximum Gasteiger partial charge on any atom is 0.327 e. The van der Waals surface area contributed by atoms with Crippen molar-refractivity contribution in [3.8, 4) is 0 Å². The molecule has 2 aliphatic rings. The van der Waals surface area contributed by atoms with Gasteiger partial charge in [0.15, 0.2) is 0 Å². The van der Waals surface area contributed by atoms with Gasteiger partial charge >= 0.3 is 6.03 Å². The van der Waals surface area contributed by atoms with E-state index < -0.39 is 0 Å². The Kier molecular flexibility index (Phi) is 4.23. The minimum Gasteiger partial charge on any atom is -0.325 e. The van der Waals surface area contributed by atoms with Gasteiger partial charge in [0.25, 0.3) is 0 Å². The van der Waals surface area contributed by atoms with Crippen molar-refractivity contribution in [2.45, 2.75) is 31.8 Å². The van der Waals surface area contributed by atoms with Crippen molar-refractivity contribution in [1.29, 1.82) is 0 Å². The van der Waals surface area contributed by atoms with E-state index in [1.165, 1.54) is 30.4 Å². The van der Waals surface area contributed by atoms with Gasteiger partial charge in [-0.15, -0.1) is 12.4 Å². The quantitative estimate of drug-likeness (QED) is 0.847. The summed E-state index contributed by atoms with van der Waals surface area (Å²) in [6.45, 7) is 0.892. The zero-order valence-corrected chi connectivity index (χ0v) is 14.3. The van der Waals surface area contributed by atoms with Gasteiger partial charge in [-0.3, -0.25) is 9.69 Å². The highest BCUT2D eigenvalue weighted by atomic mass is 35.5. The SMILES string of the molecule is CN1C(=O)CN(Cc2cc(C3CC3)cn3cc(CN)nc23)C1=O.Cl. The predicted molar refractivity (Wildman–Crippen MR) is 90.9 cm³/mol. The second kappa shape index (κ2) is 6.07. The highest BCUT2D eigenvalue weighted by molar-refractivity contribution is 6.01. The fraction of sp³-hybridized carbons (Fsp3) is 0.438. The second-order valence-electron chi connectivity index (χ2n) is 6.33. The van der Waals surface area contributed by atoms with E-state index in [-0.39, 0.29) is 30.9 Å². The van der Waals surface area contributed by atoms with Crippen LogP contribution in [-0.4, -0.2) is 44.7 Å². The highest BCUT2D eigenvalue weighted by Gasteiger charge is 2.33. The molecule has 1 saturated carbocycles. The number of nitrogens with zero attached hydrogens (tertiary/aromatic N) is 4. The van der Waals surface area contributed by atoms with Gasteiger partial charge in [-0.1, -0.05) is 0 Å². The molecular formula is C16H20ClN5O2. The number of urea groups is 1. The van der Waals surface area contributed by atoms with E-state index in [9.17, 15) is 9.59 Å². The van der Waals surface area contributed by atoms with E-state index in [1.54, 1.807) is 4.90 Å². The molecule has 2 aromatic rings. The van der Waals surface area contributed by atoms with Crippen molar-refractivity contribution in [3.63, 3.8) is 0 Å². The Bertz CT molecular complexity index is 814. The summed E-state index contributed by atoms with van der Waals surface area (Å²) in [6, 6.07) is 1.87. The van der Waals surface area contributed by atoms with Crippen LogP contribution in [0.3, 0.4) is 0 Å². The number of carbonyl (C=O) groups is 2. The van der Waals surface area contributed by atoms with Crippen LogP contribution in [0.25, 0.3) is 5.65 Å². The summed E-state index contributed by atoms with van der Waals surface area (Å²) in [7, 11) is 1.52. The summed E-state index contributed by atoms with van der Waals surface area (Å²) in [5.41, 5.74) is 9.56. The smallest absolute Gasteiger partial charge is 0.325 e. The number of amides is 3. The van der Waals surface area contributed by atoms with Crippen molar-refractivity contribution < 1.29 is 9.59 Å². The van der Waals surface area contributed by atoms with E-state index >= 15 is 0 Å². The molecule has 0 unspecified atom stereocenters. The molecule has 3 amide bonds. The third kappa shape index (κ3) is 2.74. The van der Waals surface area contributed by atoms with Gasteiger partial charge in [0.05, 0.1) is 12.2 Å². The van der Waals surface area contributed by atoms with Crippen LogP contribution in [0, 0.1) is 0 Å². The minimum atomic E-state index is -0.254. The van der Waals surface area contributed by atoms with E-state index in [1.807, 2.05) is 10.6 Å². The topological polar surface area (TPSA) is 83.9 Å². The zero-order valence-electron chi connectivity index (χ0n) is 13.4. The highest BCUT2D eigenvalue weighted by Crippen LogP contribution is 2.40. The van der Waals surface area contributed by atoms with E-state index in [4.69, 9.17) is 5.73 Å². The largest absolute Gasteiger partial charge is 0.327 e. The molecule has 3 heterocycles. The number of imidazole rings is 1. The molecule has 0 spiro atoms. The standard InChI is InChI=1S/C16H19N5O2.ClH/c1-19-14(22)9-21(16(19)23)7-12-4-11(10-2-3-10)6-20-8-13(5-17)18-15(12)20;/h4,6,8,10H,2-3,5,7,9,17H2,1H3;1H. The number of hydrogen-bond acceptors (Lipinski definition) is 4. The fourth-order valence-corrected chi connectivity index (χ4v) is 3.08. The summed E-state index contributed by atoms with van der Waals surface area (Å²) in [5.74, 6) is 0.427. The number of carbonyl (C=O) groups excluding carboxylic acids is 2. The van der Waals surface area contributed by atoms with Crippen molar-refractivity contribution in [3.05, 3.63) is 35.3 Å². The third-order valence-electron chi connectivity index (χ3n) is 4.58. The van der Waals surface area contributed by atoms with Crippen LogP contribution in [0.5, 0.6) is 0 Å². The first-order valence-corrected chi connectivity index (χ1v) is 7.82. The van der Waals surface area contributed by atoms with Gasteiger partial charge in [-0.25, -0.2) is 9.78 Å². The fourth-order valence-electron chi connectivity index (χ4n) is 3.08. The Balaban J connectivity index is 0.00000169. The van der Waals surface area contributed by atoms with Crippen molar-refractivity contribution in [1.82, 2.24) is 19.2 Å². The lowest BCUT2D eigenvalue weighted by atomic mass is 10.1. The molecule has 0 radical (unpaired) electrons. The Morgan fingerprint density at radius 2 is 2.04 bits per heavy atom. The maximum atomic E-state index is 12.1. The summed E-state index contributed by atoms with van der Waals surface area (Å²) < 4.78 is 2.00. The second-order valence-corrected chi connectivity index (χ2v) is 6.33. The minimum absolute atomic E-state index is 0. The molecule has 7 nitrogen and oxygen atoms in total. The lowest BCUT2D eigenvalue weighted by Gasteiger charge is -2.16. The molecule has 0 bridgehead atoms. The normalized spacial score (nSPS) is 17.8. The molecule has 2 fully saturated rings. The van der Waals surface area contributed by atoms with E-state index in [2.05, 4.69) is 17.2 Å². The number of rotatable bonds is 4. The number of likely N-dealkylation sites (N-methyl/N-ethyl adjacent to an activating group) is 1. The van der Waals surface area contributed by atoms with Crippen LogP contribution < -0.4 is 5.73 Å². The van der Waals surface area contributed by atoms with Crippen LogP contribution in [0.15, 0.2) is 18.5 Å². The third-order valence-corrected chi connectivity index (χ3v) is 4.58. The number of fused-ring (bicyclic) bond motifs is 1. The van der Waals surface area contributed by atoms with Gasteiger partial charge in [-0.2, -0.15) is 0 Å². The molecule has 2 aromatic heterocycles. The summed E-state index contributed by atoms with van der Waals surface area (Å²) in [5, 5.41) is 0. The number of halogens is 1. The van der Waals surface area contributed by atoms with Crippen LogP contribution >= 0.6 is 12.4 Å². The molecule has 128 valence electrons. The lowest BCUT2D eigenvalue weighted by molar-refractivity contribution is -0.124. The Morgan fingerprint density at radius 1 is 1.29 bits per heavy atom. The molecule has 2 N–H and O–H groups in total. The molecule has 24 heavy (non-hydrogen) atoms. The van der Waals surface area contributed by atoms with Crippen molar-refractivity contribution in [2.75, 3.05) is 13.6 Å². The molecule has 8 heteroatoms. The zero-order chi connectivity index (χ0) is 16.1. The predicted octanol–water partition coefficient (Wildman–Crippen LogP) is 1.49. The van der Waals surface area contributed by atoms with Gasteiger partial charge in [-0.05, 0) is 30.4 Å². The lowest BCUT2D eigenvalue weighted by Crippen LogP contribution is -2.29. The van der Waals surface area contributed by atoms with Gasteiger partial charge in [0, 0.05) is 31.5 Å². The Hall–Kier alpha value is -2.12. The van der Waals surface area contributed by atoms with Crippen molar-refractivity contribution >= 4 is 30.0 Å². The van der Waals surface area contributed by atoms with Gasteiger partial charge in [0.2, 0.25) is 5.91 Å². The monoisotopic (exact) mass is 349 g/mol. The molecule has 0 atom stereocenters. The number of imide groups is 1. The molecule has 1 aliphatic carbocycles. The molecule has 4 rings (SSSR count). The average Bonchev–Trinajstić information content (AvgIpc) is 3.26. The van der Waals surface area contributed by atoms with Gasteiger partial charge < -0.3 is 15.0 Å². The first kappa shape index (κ1) is 16.7. The van der Waals surface area contributed by atoms with E-state index in [0.29, 0.717) is 19.0 Å². The molecule has 1 saturated heterocycles. The van der Waals surface area contributed by atoms with Crippen LogP contribution in [0.2, 0.25) is 0 Å². The van der Waals surface area contributed by atoms with Crippen LogP contribution in [0.4, 0.5) is 4.79 Å². The number of aromatic nitrogens is 2. The molecular weight excluding hydrogens is 330 g/mol. The van der Waals surface area contributed by atoms with Gasteiger partial charge in [0.1, 0.15) is 12.2 Å².